The Labute approximate surface area is 235 Å². The van der Waals surface area contributed by atoms with Crippen molar-refractivity contribution in [3.63, 3.8) is 0 Å². The van der Waals surface area contributed by atoms with Gasteiger partial charge in [0.15, 0.2) is 5.96 Å². The molecule has 41 heavy (non-hydrogen) atoms. The van der Waals surface area contributed by atoms with Crippen molar-refractivity contribution in [1.29, 1.82) is 10.8 Å². The quantitative estimate of drug-likeness (QED) is 0.0634. The van der Waals surface area contributed by atoms with E-state index in [9.17, 15) is 14.4 Å². The second-order valence-electron chi connectivity index (χ2n) is 9.40. The molecule has 0 aliphatic heterocycles. The van der Waals surface area contributed by atoms with Crippen molar-refractivity contribution in [1.82, 2.24) is 31.0 Å². The van der Waals surface area contributed by atoms with Crippen molar-refractivity contribution in [3.8, 4) is 0 Å². The lowest BCUT2D eigenvalue weighted by Crippen LogP contribution is -2.49. The number of guanidine groups is 2. The van der Waals surface area contributed by atoms with Crippen LogP contribution in [0.1, 0.15) is 58.0 Å². The Hall–Kier alpha value is -5.53. The van der Waals surface area contributed by atoms with Crippen molar-refractivity contribution < 1.29 is 14.4 Å². The third-order valence-corrected chi connectivity index (χ3v) is 6.23. The van der Waals surface area contributed by atoms with Gasteiger partial charge in [-0.1, -0.05) is 19.9 Å². The molecule has 2 aromatic heterocycles. The van der Waals surface area contributed by atoms with E-state index in [1.165, 1.54) is 5.01 Å². The Morgan fingerprint density at radius 3 is 2.27 bits per heavy atom. The summed E-state index contributed by atoms with van der Waals surface area (Å²) in [5.74, 6) is -1.66. The predicted octanol–water partition coefficient (Wildman–Crippen LogP) is 2.10. The first kappa shape index (κ1) is 28.5. The van der Waals surface area contributed by atoms with Crippen LogP contribution in [-0.4, -0.2) is 57.3 Å². The molecule has 0 saturated heterocycles. The SMILES string of the molecule is CCCN(NC(=N)N)C(=O)c1cc2ccc(NC(=O)c3cc4cc(C(=O)NC(CC)NC(=N)N)ccc4[nH]3)cc2[nH]1. The summed E-state index contributed by atoms with van der Waals surface area (Å²) in [7, 11) is 0. The van der Waals surface area contributed by atoms with Gasteiger partial charge >= 0.3 is 0 Å². The summed E-state index contributed by atoms with van der Waals surface area (Å²) in [5.41, 5.74) is 16.2. The standard InChI is InChI=1S/C27H33N11O3/c1-3-9-38(37-27(30)31)25(41)21-11-14-5-7-17(13-19(14)34-21)32-24(40)20-12-16-10-15(6-8-18(16)33-20)23(39)35-22(4-2)36-26(28)29/h5-8,10-13,22,33-34H,3-4,9H2,1-2H3,(H,32,40)(H,35,39)(H4,28,29,36)(H4,30,31,37). The number of hydrogen-bond acceptors (Lipinski definition) is 5. The predicted molar refractivity (Wildman–Crippen MR) is 158 cm³/mol. The number of rotatable bonds is 9. The van der Waals surface area contributed by atoms with Crippen molar-refractivity contribution in [2.75, 3.05) is 11.9 Å². The van der Waals surface area contributed by atoms with Gasteiger partial charge in [0, 0.05) is 39.6 Å². The molecule has 0 fully saturated rings. The van der Waals surface area contributed by atoms with Gasteiger partial charge in [-0.25, -0.2) is 5.01 Å². The van der Waals surface area contributed by atoms with Gasteiger partial charge in [0.05, 0.1) is 0 Å². The highest BCUT2D eigenvalue weighted by molar-refractivity contribution is 6.08. The minimum Gasteiger partial charge on any atom is -0.370 e. The molecule has 4 aromatic rings. The molecule has 0 bridgehead atoms. The maximum absolute atomic E-state index is 13.0. The molecule has 4 rings (SSSR count). The fraction of sp³-hybridized carbons (Fsp3) is 0.222. The van der Waals surface area contributed by atoms with Crippen molar-refractivity contribution >= 4 is 57.1 Å². The minimum atomic E-state index is -0.484. The van der Waals surface area contributed by atoms with Crippen LogP contribution in [0.2, 0.25) is 0 Å². The average Bonchev–Trinajstić information content (AvgIpc) is 3.55. The highest BCUT2D eigenvalue weighted by Gasteiger charge is 2.19. The van der Waals surface area contributed by atoms with E-state index in [1.54, 1.807) is 48.5 Å². The summed E-state index contributed by atoms with van der Waals surface area (Å²) < 4.78 is 0. The molecule has 3 amide bonds. The second kappa shape index (κ2) is 12.1. The van der Waals surface area contributed by atoms with E-state index in [1.807, 2.05) is 13.8 Å². The summed E-state index contributed by atoms with van der Waals surface area (Å²) >= 11 is 0. The molecule has 12 N–H and O–H groups in total. The molecule has 14 heteroatoms. The topological polar surface area (TPSA) is 234 Å². The number of aromatic amines is 2. The first-order chi connectivity index (χ1) is 19.6. The van der Waals surface area contributed by atoms with Crippen LogP contribution in [0.3, 0.4) is 0 Å². The van der Waals surface area contributed by atoms with E-state index in [0.717, 1.165) is 5.39 Å². The van der Waals surface area contributed by atoms with Gasteiger partial charge in [-0.3, -0.25) is 30.6 Å². The number of carbonyl (C=O) groups is 3. The Morgan fingerprint density at radius 1 is 0.854 bits per heavy atom. The van der Waals surface area contributed by atoms with Gasteiger partial charge in [-0.05, 0) is 55.3 Å². The molecule has 2 aromatic carbocycles. The summed E-state index contributed by atoms with van der Waals surface area (Å²) in [6, 6.07) is 13.6. The summed E-state index contributed by atoms with van der Waals surface area (Å²) in [6.07, 6.45) is 0.715. The molecule has 2 heterocycles. The number of hydrogen-bond donors (Lipinski definition) is 10. The Kier molecular flexibility index (Phi) is 8.41. The first-order valence-electron chi connectivity index (χ1n) is 13.0. The molecule has 0 aliphatic carbocycles. The lowest BCUT2D eigenvalue weighted by atomic mass is 10.1. The number of H-pyrrole nitrogens is 2. The number of nitrogens with one attached hydrogen (secondary N) is 8. The molecule has 0 radical (unpaired) electrons. The normalized spacial score (nSPS) is 11.6. The van der Waals surface area contributed by atoms with Crippen LogP contribution >= 0.6 is 0 Å². The number of nitrogens with two attached hydrogens (primary N) is 2. The van der Waals surface area contributed by atoms with E-state index in [-0.39, 0.29) is 29.6 Å². The van der Waals surface area contributed by atoms with Crippen LogP contribution in [0.4, 0.5) is 5.69 Å². The van der Waals surface area contributed by atoms with E-state index < -0.39 is 6.17 Å². The summed E-state index contributed by atoms with van der Waals surface area (Å²) in [5, 5.41) is 25.8. The smallest absolute Gasteiger partial charge is 0.288 e. The average molecular weight is 560 g/mol. The minimum absolute atomic E-state index is 0.237. The molecule has 0 aliphatic rings. The lowest BCUT2D eigenvalue weighted by molar-refractivity contribution is 0.0703. The van der Waals surface area contributed by atoms with E-state index in [2.05, 4.69) is 31.3 Å². The van der Waals surface area contributed by atoms with Crippen LogP contribution in [0.5, 0.6) is 0 Å². The molecule has 0 saturated carbocycles. The number of aromatic nitrogens is 2. The number of hydrazine groups is 1. The highest BCUT2D eigenvalue weighted by atomic mass is 16.2. The number of nitrogens with zero attached hydrogens (tertiary/aromatic N) is 1. The van der Waals surface area contributed by atoms with Crippen LogP contribution in [0.25, 0.3) is 21.8 Å². The summed E-state index contributed by atoms with van der Waals surface area (Å²) in [4.78, 5) is 44.8. The zero-order chi connectivity index (χ0) is 29.7. The van der Waals surface area contributed by atoms with Crippen LogP contribution < -0.4 is 32.8 Å². The fourth-order valence-electron chi connectivity index (χ4n) is 4.31. The molecule has 1 unspecified atom stereocenters. The van der Waals surface area contributed by atoms with Crippen LogP contribution in [0.15, 0.2) is 48.5 Å². The fourth-order valence-corrected chi connectivity index (χ4v) is 4.31. The highest BCUT2D eigenvalue weighted by Crippen LogP contribution is 2.23. The number of benzene rings is 2. The Morgan fingerprint density at radius 2 is 1.59 bits per heavy atom. The van der Waals surface area contributed by atoms with Crippen molar-refractivity contribution in [3.05, 3.63) is 65.5 Å². The largest absolute Gasteiger partial charge is 0.370 e. The molecular weight excluding hydrogens is 526 g/mol. The molecule has 14 nitrogen and oxygen atoms in total. The molecule has 214 valence electrons. The van der Waals surface area contributed by atoms with E-state index in [0.29, 0.717) is 58.4 Å². The Bertz CT molecular complexity index is 1640. The zero-order valence-corrected chi connectivity index (χ0v) is 22.6. The summed E-state index contributed by atoms with van der Waals surface area (Å²) in [6.45, 7) is 4.12. The van der Waals surface area contributed by atoms with Crippen LogP contribution in [0, 0.1) is 10.8 Å². The second-order valence-corrected chi connectivity index (χ2v) is 9.40. The lowest BCUT2D eigenvalue weighted by Gasteiger charge is -2.21. The van der Waals surface area contributed by atoms with Gasteiger partial charge in [-0.2, -0.15) is 0 Å². The number of amides is 3. The zero-order valence-electron chi connectivity index (χ0n) is 22.6. The molecular formula is C27H33N11O3. The third-order valence-electron chi connectivity index (χ3n) is 6.23. The van der Waals surface area contributed by atoms with Crippen LogP contribution in [-0.2, 0) is 0 Å². The van der Waals surface area contributed by atoms with E-state index in [4.69, 9.17) is 22.3 Å². The Balaban J connectivity index is 1.48. The van der Waals surface area contributed by atoms with E-state index >= 15 is 0 Å². The number of anilines is 1. The maximum Gasteiger partial charge on any atom is 0.288 e. The van der Waals surface area contributed by atoms with Crippen molar-refractivity contribution in [2.45, 2.75) is 32.9 Å². The molecule has 0 spiro atoms. The third kappa shape index (κ3) is 6.73. The van der Waals surface area contributed by atoms with Gasteiger partial charge in [0.2, 0.25) is 5.96 Å². The van der Waals surface area contributed by atoms with Crippen molar-refractivity contribution in [2.24, 2.45) is 11.5 Å². The molecule has 1 atom stereocenters. The maximum atomic E-state index is 13.0. The van der Waals surface area contributed by atoms with Gasteiger partial charge in [0.1, 0.15) is 17.6 Å². The first-order valence-corrected chi connectivity index (χ1v) is 13.0. The number of carbonyl (C=O) groups excluding carboxylic acids is 3. The van der Waals surface area contributed by atoms with Gasteiger partial charge < -0.3 is 37.4 Å². The van der Waals surface area contributed by atoms with Gasteiger partial charge in [0.25, 0.3) is 17.7 Å². The van der Waals surface area contributed by atoms with Gasteiger partial charge in [-0.15, -0.1) is 0 Å². The number of fused-ring (bicyclic) bond motifs is 2. The monoisotopic (exact) mass is 559 g/mol.